The SMILES string of the molecule is CN(CCOc1ccc(Cl)cc1)C(=O)CN1CCN(C(=O)c2ccccc2)CC1. The molecule has 2 aromatic rings. The Labute approximate surface area is 176 Å². The Balaban J connectivity index is 1.37. The molecule has 1 aliphatic heterocycles. The number of rotatable bonds is 7. The van der Waals surface area contributed by atoms with Crippen LogP contribution in [0.4, 0.5) is 0 Å². The molecule has 0 saturated carbocycles. The fourth-order valence-electron chi connectivity index (χ4n) is 3.14. The maximum atomic E-state index is 12.5. The number of carbonyl (C=O) groups is 2. The van der Waals surface area contributed by atoms with Gasteiger partial charge in [0.05, 0.1) is 13.1 Å². The van der Waals surface area contributed by atoms with Crippen molar-refractivity contribution in [1.82, 2.24) is 14.7 Å². The summed E-state index contributed by atoms with van der Waals surface area (Å²) in [6.07, 6.45) is 0. The number of halogens is 1. The average Bonchev–Trinajstić information content (AvgIpc) is 2.75. The van der Waals surface area contributed by atoms with Crippen LogP contribution in [0.15, 0.2) is 54.6 Å². The van der Waals surface area contributed by atoms with Crippen molar-refractivity contribution in [1.29, 1.82) is 0 Å². The molecule has 1 aliphatic rings. The van der Waals surface area contributed by atoms with Crippen LogP contribution in [-0.2, 0) is 4.79 Å². The number of nitrogens with zero attached hydrogens (tertiary/aromatic N) is 3. The number of carbonyl (C=O) groups excluding carboxylic acids is 2. The van der Waals surface area contributed by atoms with E-state index in [1.165, 1.54) is 0 Å². The Bertz CT molecular complexity index is 806. The minimum absolute atomic E-state index is 0.0487. The molecule has 29 heavy (non-hydrogen) atoms. The molecule has 3 rings (SSSR count). The van der Waals surface area contributed by atoms with Crippen LogP contribution in [0.1, 0.15) is 10.4 Å². The highest BCUT2D eigenvalue weighted by Crippen LogP contribution is 2.15. The van der Waals surface area contributed by atoms with Gasteiger partial charge in [-0.05, 0) is 36.4 Å². The minimum Gasteiger partial charge on any atom is -0.492 e. The van der Waals surface area contributed by atoms with E-state index < -0.39 is 0 Å². The summed E-state index contributed by atoms with van der Waals surface area (Å²) in [5.41, 5.74) is 0.706. The summed E-state index contributed by atoms with van der Waals surface area (Å²) >= 11 is 5.85. The highest BCUT2D eigenvalue weighted by atomic mass is 35.5. The van der Waals surface area contributed by atoms with E-state index in [1.54, 1.807) is 36.2 Å². The van der Waals surface area contributed by atoms with Crippen LogP contribution in [-0.4, -0.2) is 79.4 Å². The lowest BCUT2D eigenvalue weighted by Gasteiger charge is -2.35. The molecule has 0 bridgehead atoms. The van der Waals surface area contributed by atoms with E-state index in [4.69, 9.17) is 16.3 Å². The zero-order valence-electron chi connectivity index (χ0n) is 16.6. The molecule has 154 valence electrons. The first-order valence-corrected chi connectivity index (χ1v) is 10.1. The van der Waals surface area contributed by atoms with Crippen LogP contribution >= 0.6 is 11.6 Å². The molecule has 1 fully saturated rings. The van der Waals surface area contributed by atoms with Crippen molar-refractivity contribution in [2.45, 2.75) is 0 Å². The molecule has 1 saturated heterocycles. The van der Waals surface area contributed by atoms with Crippen molar-refractivity contribution in [3.8, 4) is 5.75 Å². The van der Waals surface area contributed by atoms with Gasteiger partial charge in [0, 0.05) is 43.8 Å². The first kappa shape index (κ1) is 21.1. The maximum absolute atomic E-state index is 12.5. The van der Waals surface area contributed by atoms with Crippen molar-refractivity contribution in [3.63, 3.8) is 0 Å². The number of hydrogen-bond donors (Lipinski definition) is 0. The Hall–Kier alpha value is -2.57. The van der Waals surface area contributed by atoms with Gasteiger partial charge in [0.2, 0.25) is 5.91 Å². The van der Waals surface area contributed by atoms with E-state index >= 15 is 0 Å². The smallest absolute Gasteiger partial charge is 0.253 e. The molecule has 7 heteroatoms. The van der Waals surface area contributed by atoms with Gasteiger partial charge in [-0.2, -0.15) is 0 Å². The Morgan fingerprint density at radius 3 is 2.31 bits per heavy atom. The molecule has 1 heterocycles. The monoisotopic (exact) mass is 415 g/mol. The first-order chi connectivity index (χ1) is 14.0. The van der Waals surface area contributed by atoms with Crippen molar-refractivity contribution in [3.05, 3.63) is 65.2 Å². The normalized spacial score (nSPS) is 14.5. The van der Waals surface area contributed by atoms with Crippen molar-refractivity contribution in [2.75, 3.05) is 52.9 Å². The lowest BCUT2D eigenvalue weighted by atomic mass is 10.2. The Morgan fingerprint density at radius 1 is 1.00 bits per heavy atom. The van der Waals surface area contributed by atoms with Crippen LogP contribution in [0.3, 0.4) is 0 Å². The molecule has 0 aromatic heterocycles. The minimum atomic E-state index is 0.0487. The second-order valence-electron chi connectivity index (χ2n) is 7.05. The summed E-state index contributed by atoms with van der Waals surface area (Å²) in [5.74, 6) is 0.829. The summed E-state index contributed by atoms with van der Waals surface area (Å²) in [6.45, 7) is 3.93. The molecule has 0 atom stereocenters. The van der Waals surface area contributed by atoms with Gasteiger partial charge in [-0.15, -0.1) is 0 Å². The van der Waals surface area contributed by atoms with Crippen molar-refractivity contribution >= 4 is 23.4 Å². The third kappa shape index (κ3) is 6.21. The zero-order chi connectivity index (χ0) is 20.6. The fourth-order valence-corrected chi connectivity index (χ4v) is 3.27. The van der Waals surface area contributed by atoms with Gasteiger partial charge in [-0.3, -0.25) is 14.5 Å². The van der Waals surface area contributed by atoms with Crippen molar-refractivity contribution < 1.29 is 14.3 Å². The largest absolute Gasteiger partial charge is 0.492 e. The topological polar surface area (TPSA) is 53.1 Å². The van der Waals surface area contributed by atoms with E-state index in [2.05, 4.69) is 4.90 Å². The summed E-state index contributed by atoms with van der Waals surface area (Å²) in [4.78, 5) is 30.6. The molecule has 0 radical (unpaired) electrons. The van der Waals surface area contributed by atoms with E-state index in [9.17, 15) is 9.59 Å². The number of likely N-dealkylation sites (N-methyl/N-ethyl adjacent to an activating group) is 1. The predicted octanol–water partition coefficient (Wildman–Crippen LogP) is 2.64. The van der Waals surface area contributed by atoms with Gasteiger partial charge in [-0.25, -0.2) is 0 Å². The van der Waals surface area contributed by atoms with Crippen LogP contribution in [0.2, 0.25) is 5.02 Å². The summed E-state index contributed by atoms with van der Waals surface area (Å²) in [6, 6.07) is 16.5. The van der Waals surface area contributed by atoms with Gasteiger partial charge in [0.15, 0.2) is 0 Å². The summed E-state index contributed by atoms with van der Waals surface area (Å²) in [7, 11) is 1.78. The van der Waals surface area contributed by atoms with Crippen molar-refractivity contribution in [2.24, 2.45) is 0 Å². The van der Waals surface area contributed by atoms with Gasteiger partial charge in [0.1, 0.15) is 12.4 Å². The Kier molecular flexibility index (Phi) is 7.49. The van der Waals surface area contributed by atoms with E-state index in [0.29, 0.717) is 56.5 Å². The van der Waals surface area contributed by atoms with Gasteiger partial charge in [-0.1, -0.05) is 29.8 Å². The lowest BCUT2D eigenvalue weighted by Crippen LogP contribution is -2.51. The molecule has 0 N–H and O–H groups in total. The van der Waals surface area contributed by atoms with E-state index in [1.807, 2.05) is 35.2 Å². The molecule has 2 aromatic carbocycles. The lowest BCUT2D eigenvalue weighted by molar-refractivity contribution is -0.131. The number of piperazine rings is 1. The van der Waals surface area contributed by atoms with Crippen LogP contribution in [0.25, 0.3) is 0 Å². The van der Waals surface area contributed by atoms with Gasteiger partial charge in [0.25, 0.3) is 5.91 Å². The zero-order valence-corrected chi connectivity index (χ0v) is 17.3. The second-order valence-corrected chi connectivity index (χ2v) is 7.49. The first-order valence-electron chi connectivity index (χ1n) is 9.72. The highest BCUT2D eigenvalue weighted by molar-refractivity contribution is 6.30. The molecular formula is C22H26ClN3O3. The Morgan fingerprint density at radius 2 is 1.66 bits per heavy atom. The maximum Gasteiger partial charge on any atom is 0.253 e. The fraction of sp³-hybridized carbons (Fsp3) is 0.364. The third-order valence-electron chi connectivity index (χ3n) is 4.97. The van der Waals surface area contributed by atoms with Gasteiger partial charge < -0.3 is 14.5 Å². The standard InChI is InChI=1S/C22H26ClN3O3/c1-24(15-16-29-20-9-7-19(23)8-10-20)21(27)17-25-11-13-26(14-12-25)22(28)18-5-3-2-4-6-18/h2-10H,11-17H2,1H3. The van der Waals surface area contributed by atoms with Crippen LogP contribution in [0.5, 0.6) is 5.75 Å². The summed E-state index contributed by atoms with van der Waals surface area (Å²) in [5, 5.41) is 0.662. The molecule has 0 aliphatic carbocycles. The van der Waals surface area contributed by atoms with Crippen LogP contribution < -0.4 is 4.74 Å². The molecule has 0 spiro atoms. The number of ether oxygens (including phenoxy) is 1. The predicted molar refractivity (Wildman–Crippen MR) is 113 cm³/mol. The quantitative estimate of drug-likeness (QED) is 0.697. The number of benzene rings is 2. The third-order valence-corrected chi connectivity index (χ3v) is 5.23. The van der Waals surface area contributed by atoms with Gasteiger partial charge >= 0.3 is 0 Å². The highest BCUT2D eigenvalue weighted by Gasteiger charge is 2.24. The average molecular weight is 416 g/mol. The van der Waals surface area contributed by atoms with Crippen LogP contribution in [0, 0.1) is 0 Å². The summed E-state index contributed by atoms with van der Waals surface area (Å²) < 4.78 is 5.64. The number of amides is 2. The van der Waals surface area contributed by atoms with E-state index in [-0.39, 0.29) is 11.8 Å². The number of hydrogen-bond acceptors (Lipinski definition) is 4. The molecule has 2 amide bonds. The second kappa shape index (κ2) is 10.3. The molecule has 0 unspecified atom stereocenters. The molecule has 6 nitrogen and oxygen atoms in total. The van der Waals surface area contributed by atoms with E-state index in [0.717, 1.165) is 5.75 Å². The molecular weight excluding hydrogens is 390 g/mol.